The van der Waals surface area contributed by atoms with Crippen LogP contribution in [0.5, 0.6) is 11.5 Å². The molecule has 0 saturated heterocycles. The number of nitrogens with two attached hydrogens (primary N) is 1. The first-order chi connectivity index (χ1) is 19.0. The van der Waals surface area contributed by atoms with Gasteiger partial charge in [0.05, 0.1) is 12.7 Å². The number of methoxy groups -OCH3 is 1. The van der Waals surface area contributed by atoms with E-state index in [2.05, 4.69) is 6.92 Å². The molecule has 0 radical (unpaired) electrons. The number of amides is 1. The van der Waals surface area contributed by atoms with Crippen LogP contribution in [0, 0.1) is 11.8 Å². The highest BCUT2D eigenvalue weighted by atomic mass is 16.5. The van der Waals surface area contributed by atoms with Gasteiger partial charge in [0, 0.05) is 23.5 Å². The molecule has 0 aliphatic heterocycles. The Morgan fingerprint density at radius 1 is 1.07 bits per heavy atom. The maximum absolute atomic E-state index is 13.9. The Bertz CT molecular complexity index is 1500. The van der Waals surface area contributed by atoms with Gasteiger partial charge in [-0.3, -0.25) is 14.4 Å². The first-order valence-electron chi connectivity index (χ1n) is 13.5. The standard InChI is InChI=1S/C31H33NO8/c1-3-4-5-6-15-7-10-23(40-2)19(11-15)18-8-9-21(33)25-20(18)13-16-12-17-14-22(34)26(30(32)38)29(37)31(17,39)28(36)24(16)27(25)35/h7-11,16-17,33-34,36,39H,3-6,12-14H2,1-2H3,(H2,32,38)/t16-,17+,31+/m1/s1. The molecule has 5 rings (SSSR count). The van der Waals surface area contributed by atoms with Crippen molar-refractivity contribution >= 4 is 17.5 Å². The maximum atomic E-state index is 13.9. The zero-order valence-corrected chi connectivity index (χ0v) is 22.5. The Balaban J connectivity index is 1.64. The zero-order chi connectivity index (χ0) is 28.9. The average molecular weight is 548 g/mol. The molecule has 6 N–H and O–H groups in total. The molecule has 9 nitrogen and oxygen atoms in total. The van der Waals surface area contributed by atoms with E-state index in [0.717, 1.165) is 36.8 Å². The number of aliphatic hydroxyl groups is 3. The van der Waals surface area contributed by atoms with Gasteiger partial charge < -0.3 is 30.9 Å². The molecule has 3 aliphatic rings. The number of fused-ring (bicyclic) bond motifs is 3. The molecule has 0 spiro atoms. The van der Waals surface area contributed by atoms with Crippen molar-refractivity contribution in [2.24, 2.45) is 17.6 Å². The second kappa shape index (κ2) is 10.1. The Labute approximate surface area is 231 Å². The van der Waals surface area contributed by atoms with Crippen molar-refractivity contribution < 1.29 is 39.5 Å². The lowest BCUT2D eigenvalue weighted by atomic mass is 9.60. The summed E-state index contributed by atoms with van der Waals surface area (Å²) < 4.78 is 5.65. The Hall–Kier alpha value is -4.11. The monoisotopic (exact) mass is 547 g/mol. The first-order valence-corrected chi connectivity index (χ1v) is 13.5. The smallest absolute Gasteiger partial charge is 0.255 e. The lowest BCUT2D eigenvalue weighted by molar-refractivity contribution is -0.144. The van der Waals surface area contributed by atoms with E-state index in [-0.39, 0.29) is 36.1 Å². The fourth-order valence-electron chi connectivity index (χ4n) is 6.57. The minimum absolute atomic E-state index is 0.0208. The predicted octanol–water partition coefficient (Wildman–Crippen LogP) is 3.99. The number of phenolic OH excluding ortho intramolecular Hbond substituents is 1. The zero-order valence-electron chi connectivity index (χ0n) is 22.5. The van der Waals surface area contributed by atoms with Crippen LogP contribution < -0.4 is 10.5 Å². The van der Waals surface area contributed by atoms with Gasteiger partial charge in [-0.05, 0) is 66.5 Å². The summed E-state index contributed by atoms with van der Waals surface area (Å²) in [5.41, 5.74) is 4.84. The lowest BCUT2D eigenvalue weighted by Gasteiger charge is -2.45. The van der Waals surface area contributed by atoms with E-state index < -0.39 is 52.0 Å². The average Bonchev–Trinajstić information content (AvgIpc) is 2.91. The predicted molar refractivity (Wildman–Crippen MR) is 146 cm³/mol. The molecule has 0 saturated carbocycles. The van der Waals surface area contributed by atoms with E-state index in [0.29, 0.717) is 16.9 Å². The Morgan fingerprint density at radius 2 is 1.82 bits per heavy atom. The van der Waals surface area contributed by atoms with Crippen LogP contribution in [0.25, 0.3) is 11.1 Å². The summed E-state index contributed by atoms with van der Waals surface area (Å²) in [6.07, 6.45) is 4.15. The molecule has 3 atom stereocenters. The third kappa shape index (κ3) is 4.07. The Morgan fingerprint density at radius 3 is 2.50 bits per heavy atom. The molecular formula is C31H33NO8. The molecule has 0 aromatic heterocycles. The highest BCUT2D eigenvalue weighted by Crippen LogP contribution is 2.52. The summed E-state index contributed by atoms with van der Waals surface area (Å²) in [7, 11) is 1.56. The molecule has 1 amide bonds. The number of allylic oxidation sites excluding steroid dienone is 2. The molecule has 3 aliphatic carbocycles. The van der Waals surface area contributed by atoms with Gasteiger partial charge in [0.15, 0.2) is 11.4 Å². The number of Topliss-reactive ketones (excluding diaryl/α,β-unsaturated/α-hetero) is 2. The van der Waals surface area contributed by atoms with Crippen LogP contribution in [0.15, 0.2) is 53.0 Å². The first kappa shape index (κ1) is 27.5. The Kier molecular flexibility index (Phi) is 6.95. The number of aromatic hydroxyl groups is 1. The quantitative estimate of drug-likeness (QED) is 0.256. The second-order valence-electron chi connectivity index (χ2n) is 10.9. The van der Waals surface area contributed by atoms with E-state index in [1.165, 1.54) is 6.07 Å². The van der Waals surface area contributed by atoms with Crippen molar-refractivity contribution in [2.75, 3.05) is 7.11 Å². The van der Waals surface area contributed by atoms with Gasteiger partial charge in [-0.25, -0.2) is 0 Å². The van der Waals surface area contributed by atoms with Crippen LogP contribution in [0.1, 0.15) is 60.5 Å². The van der Waals surface area contributed by atoms with E-state index in [1.807, 2.05) is 18.2 Å². The van der Waals surface area contributed by atoms with Crippen LogP contribution in [-0.4, -0.2) is 50.6 Å². The number of aryl methyl sites for hydroxylation is 1. The number of hydrogen-bond acceptors (Lipinski definition) is 8. The van der Waals surface area contributed by atoms with Gasteiger partial charge in [-0.2, -0.15) is 0 Å². The molecule has 2 aromatic carbocycles. The lowest BCUT2D eigenvalue weighted by Crippen LogP contribution is -2.57. The number of primary amides is 1. The summed E-state index contributed by atoms with van der Waals surface area (Å²) in [6, 6.07) is 9.07. The molecule has 0 bridgehead atoms. The summed E-state index contributed by atoms with van der Waals surface area (Å²) in [5.74, 6) is -5.87. The normalized spacial score (nSPS) is 24.0. The number of benzene rings is 2. The van der Waals surface area contributed by atoms with Gasteiger partial charge in [0.1, 0.15) is 28.6 Å². The topological polar surface area (TPSA) is 167 Å². The molecule has 0 unspecified atom stereocenters. The SMILES string of the molecule is CCCCCc1ccc(OC)c(-c2ccc(O)c3c2C[C@H]2C[C@H]4CC(O)=C(C(N)=O)C(=O)[C@@]4(O)C(O)=C2C3=O)c1. The molecule has 2 aromatic rings. The van der Waals surface area contributed by atoms with Crippen molar-refractivity contribution in [1.82, 2.24) is 0 Å². The van der Waals surface area contributed by atoms with Crippen LogP contribution in [0.4, 0.5) is 0 Å². The van der Waals surface area contributed by atoms with Crippen LogP contribution in [0.3, 0.4) is 0 Å². The van der Waals surface area contributed by atoms with Crippen molar-refractivity contribution in [2.45, 2.75) is 57.5 Å². The molecular weight excluding hydrogens is 514 g/mol. The highest BCUT2D eigenvalue weighted by molar-refractivity contribution is 6.24. The summed E-state index contributed by atoms with van der Waals surface area (Å²) in [4.78, 5) is 38.9. The molecule has 210 valence electrons. The van der Waals surface area contributed by atoms with Crippen LogP contribution in [0.2, 0.25) is 0 Å². The number of rotatable bonds is 7. The van der Waals surface area contributed by atoms with Gasteiger partial charge in [-0.15, -0.1) is 0 Å². The molecule has 0 heterocycles. The number of hydrogen-bond donors (Lipinski definition) is 5. The van der Waals surface area contributed by atoms with E-state index in [4.69, 9.17) is 10.5 Å². The molecule has 40 heavy (non-hydrogen) atoms. The number of ether oxygens (including phenoxy) is 1. The number of aliphatic hydroxyl groups excluding tert-OH is 2. The van der Waals surface area contributed by atoms with Gasteiger partial charge in [0.25, 0.3) is 5.91 Å². The largest absolute Gasteiger partial charge is 0.511 e. The molecule has 9 heteroatoms. The number of phenols is 1. The number of carbonyl (C=O) groups excluding carboxylic acids is 3. The van der Waals surface area contributed by atoms with Crippen LogP contribution >= 0.6 is 0 Å². The highest BCUT2D eigenvalue weighted by Gasteiger charge is 2.59. The summed E-state index contributed by atoms with van der Waals surface area (Å²) in [5, 5.41) is 43.8. The summed E-state index contributed by atoms with van der Waals surface area (Å²) in [6.45, 7) is 2.14. The van der Waals surface area contributed by atoms with Crippen molar-refractivity contribution in [3.63, 3.8) is 0 Å². The minimum Gasteiger partial charge on any atom is -0.511 e. The van der Waals surface area contributed by atoms with Gasteiger partial charge in [0.2, 0.25) is 5.78 Å². The minimum atomic E-state index is -2.58. The number of carbonyl (C=O) groups is 3. The third-order valence-corrected chi connectivity index (χ3v) is 8.57. The van der Waals surface area contributed by atoms with Gasteiger partial charge >= 0.3 is 0 Å². The maximum Gasteiger partial charge on any atom is 0.255 e. The van der Waals surface area contributed by atoms with E-state index >= 15 is 0 Å². The van der Waals surface area contributed by atoms with Gasteiger partial charge in [-0.1, -0.05) is 31.9 Å². The second-order valence-corrected chi connectivity index (χ2v) is 10.9. The van der Waals surface area contributed by atoms with E-state index in [9.17, 15) is 34.8 Å². The fraction of sp³-hybridized carbons (Fsp3) is 0.387. The van der Waals surface area contributed by atoms with Crippen LogP contribution in [-0.2, 0) is 22.4 Å². The van der Waals surface area contributed by atoms with Crippen molar-refractivity contribution in [3.05, 3.63) is 69.7 Å². The van der Waals surface area contributed by atoms with E-state index in [1.54, 1.807) is 13.2 Å². The number of unbranched alkanes of at least 4 members (excludes halogenated alkanes) is 2. The molecule has 0 fully saturated rings. The fourth-order valence-corrected chi connectivity index (χ4v) is 6.57. The third-order valence-electron chi connectivity index (χ3n) is 8.57. The van der Waals surface area contributed by atoms with Crippen molar-refractivity contribution in [3.8, 4) is 22.6 Å². The van der Waals surface area contributed by atoms with Crippen molar-refractivity contribution in [1.29, 1.82) is 0 Å². The number of ketones is 2. The summed E-state index contributed by atoms with van der Waals surface area (Å²) >= 11 is 0.